The Kier molecular flexibility index (Phi) is 3.64. The van der Waals surface area contributed by atoms with Crippen LogP contribution < -0.4 is 5.32 Å². The van der Waals surface area contributed by atoms with Crippen LogP contribution in [0, 0.1) is 12.7 Å². The lowest BCUT2D eigenvalue weighted by atomic mass is 10.2. The highest BCUT2D eigenvalue weighted by atomic mass is 32.1. The van der Waals surface area contributed by atoms with E-state index in [-0.39, 0.29) is 5.82 Å². The van der Waals surface area contributed by atoms with Crippen molar-refractivity contribution in [1.29, 1.82) is 0 Å². The van der Waals surface area contributed by atoms with E-state index in [1.54, 1.807) is 23.5 Å². The zero-order chi connectivity index (χ0) is 11.4. The summed E-state index contributed by atoms with van der Waals surface area (Å²) in [6.07, 6.45) is 0. The van der Waals surface area contributed by atoms with Crippen molar-refractivity contribution in [2.45, 2.75) is 20.0 Å². The van der Waals surface area contributed by atoms with Crippen molar-refractivity contribution in [3.63, 3.8) is 0 Å². The van der Waals surface area contributed by atoms with E-state index >= 15 is 0 Å². The Hall–Kier alpha value is -1.26. The van der Waals surface area contributed by atoms with Gasteiger partial charge in [-0.2, -0.15) is 0 Å². The number of thiazole rings is 1. The molecule has 84 valence electrons. The van der Waals surface area contributed by atoms with Crippen molar-refractivity contribution in [2.24, 2.45) is 0 Å². The van der Waals surface area contributed by atoms with E-state index in [9.17, 15) is 4.39 Å². The number of nitrogens with one attached hydrogen (secondary N) is 1. The van der Waals surface area contributed by atoms with E-state index < -0.39 is 0 Å². The molecule has 0 atom stereocenters. The third kappa shape index (κ3) is 2.65. The molecule has 1 N–H and O–H groups in total. The van der Waals surface area contributed by atoms with Crippen LogP contribution in [0.15, 0.2) is 29.8 Å². The van der Waals surface area contributed by atoms with Gasteiger partial charge in [-0.05, 0) is 13.0 Å². The molecule has 0 unspecified atom stereocenters. The van der Waals surface area contributed by atoms with Gasteiger partial charge in [0.15, 0.2) is 0 Å². The minimum atomic E-state index is -0.156. The molecule has 0 bridgehead atoms. The fourth-order valence-electron chi connectivity index (χ4n) is 1.45. The molecule has 0 saturated heterocycles. The maximum Gasteiger partial charge on any atom is 0.127 e. The van der Waals surface area contributed by atoms with Gasteiger partial charge in [-0.3, -0.25) is 0 Å². The van der Waals surface area contributed by atoms with E-state index in [4.69, 9.17) is 0 Å². The van der Waals surface area contributed by atoms with E-state index in [1.807, 2.05) is 18.5 Å². The molecule has 4 heteroatoms. The van der Waals surface area contributed by atoms with Crippen LogP contribution >= 0.6 is 11.3 Å². The van der Waals surface area contributed by atoms with Crippen LogP contribution in [0.2, 0.25) is 0 Å². The molecule has 0 radical (unpaired) electrons. The van der Waals surface area contributed by atoms with E-state index in [2.05, 4.69) is 10.3 Å². The van der Waals surface area contributed by atoms with Crippen LogP contribution in [0.1, 0.15) is 16.1 Å². The zero-order valence-electron chi connectivity index (χ0n) is 9.03. The summed E-state index contributed by atoms with van der Waals surface area (Å²) in [4.78, 5) is 5.37. The van der Waals surface area contributed by atoms with Crippen molar-refractivity contribution in [3.05, 3.63) is 51.7 Å². The number of halogens is 1. The van der Waals surface area contributed by atoms with E-state index in [0.717, 1.165) is 12.2 Å². The highest BCUT2D eigenvalue weighted by Gasteiger charge is 2.02. The smallest absolute Gasteiger partial charge is 0.127 e. The summed E-state index contributed by atoms with van der Waals surface area (Å²) in [5, 5.41) is 3.22. The van der Waals surface area contributed by atoms with Gasteiger partial charge in [0.2, 0.25) is 0 Å². The van der Waals surface area contributed by atoms with Crippen molar-refractivity contribution >= 4 is 11.3 Å². The monoisotopic (exact) mass is 236 g/mol. The van der Waals surface area contributed by atoms with Gasteiger partial charge in [-0.15, -0.1) is 11.3 Å². The van der Waals surface area contributed by atoms with Crippen molar-refractivity contribution in [1.82, 2.24) is 10.3 Å². The molecule has 1 heterocycles. The molecule has 0 saturated carbocycles. The summed E-state index contributed by atoms with van der Waals surface area (Å²) >= 11 is 1.62. The number of benzene rings is 1. The second-order valence-electron chi connectivity index (χ2n) is 3.56. The number of rotatable bonds is 4. The lowest BCUT2D eigenvalue weighted by Gasteiger charge is -2.04. The van der Waals surface area contributed by atoms with Crippen LogP contribution in [0.5, 0.6) is 0 Å². The first-order chi connectivity index (χ1) is 7.77. The van der Waals surface area contributed by atoms with Crippen molar-refractivity contribution < 1.29 is 4.39 Å². The quantitative estimate of drug-likeness (QED) is 0.883. The van der Waals surface area contributed by atoms with Crippen molar-refractivity contribution in [3.8, 4) is 0 Å². The first-order valence-corrected chi connectivity index (χ1v) is 5.98. The third-order valence-electron chi connectivity index (χ3n) is 2.40. The van der Waals surface area contributed by atoms with Gasteiger partial charge in [-0.25, -0.2) is 9.37 Å². The summed E-state index contributed by atoms with van der Waals surface area (Å²) in [5.41, 5.74) is 3.57. The molecule has 16 heavy (non-hydrogen) atoms. The lowest BCUT2D eigenvalue weighted by Crippen LogP contribution is -2.13. The number of hydrogen-bond acceptors (Lipinski definition) is 3. The molecule has 0 amide bonds. The normalized spacial score (nSPS) is 10.6. The largest absolute Gasteiger partial charge is 0.308 e. The van der Waals surface area contributed by atoms with Gasteiger partial charge < -0.3 is 5.32 Å². The standard InChI is InChI=1S/C12H13FN2S/c1-9-12(16-8-15-9)7-14-6-10-4-2-3-5-11(10)13/h2-5,8,14H,6-7H2,1H3. The molecule has 0 aliphatic rings. The van der Waals surface area contributed by atoms with Crippen molar-refractivity contribution in [2.75, 3.05) is 0 Å². The molecule has 1 aromatic carbocycles. The highest BCUT2D eigenvalue weighted by molar-refractivity contribution is 7.09. The SMILES string of the molecule is Cc1ncsc1CNCc1ccccc1F. The fourth-order valence-corrected chi connectivity index (χ4v) is 2.20. The van der Waals surface area contributed by atoms with Crippen LogP contribution in [0.25, 0.3) is 0 Å². The molecule has 2 nitrogen and oxygen atoms in total. The first kappa shape index (κ1) is 11.2. The summed E-state index contributed by atoms with van der Waals surface area (Å²) in [7, 11) is 0. The van der Waals surface area contributed by atoms with Gasteiger partial charge in [0.1, 0.15) is 5.82 Å². The second-order valence-corrected chi connectivity index (χ2v) is 4.50. The van der Waals surface area contributed by atoms with Crippen LogP contribution in [-0.2, 0) is 13.1 Å². The fraction of sp³-hybridized carbons (Fsp3) is 0.250. The molecular weight excluding hydrogens is 223 g/mol. The summed E-state index contributed by atoms with van der Waals surface area (Å²) < 4.78 is 13.3. The molecule has 2 aromatic rings. The minimum Gasteiger partial charge on any atom is -0.308 e. The highest BCUT2D eigenvalue weighted by Crippen LogP contribution is 2.12. The van der Waals surface area contributed by atoms with Crippen LogP contribution in [0.4, 0.5) is 4.39 Å². The Bertz CT molecular complexity index is 468. The summed E-state index contributed by atoms with van der Waals surface area (Å²) in [6, 6.07) is 6.82. The topological polar surface area (TPSA) is 24.9 Å². The molecule has 1 aromatic heterocycles. The lowest BCUT2D eigenvalue weighted by molar-refractivity contribution is 0.588. The number of aryl methyl sites for hydroxylation is 1. The Morgan fingerprint density at radius 3 is 2.81 bits per heavy atom. The van der Waals surface area contributed by atoms with Gasteiger partial charge in [0.05, 0.1) is 11.2 Å². The van der Waals surface area contributed by atoms with E-state index in [1.165, 1.54) is 10.9 Å². The predicted octanol–water partition coefficient (Wildman–Crippen LogP) is 2.88. The minimum absolute atomic E-state index is 0.156. The average molecular weight is 236 g/mol. The van der Waals surface area contributed by atoms with Gasteiger partial charge >= 0.3 is 0 Å². The molecular formula is C12H13FN2S. The molecule has 0 spiro atoms. The Morgan fingerprint density at radius 2 is 2.12 bits per heavy atom. The Labute approximate surface area is 98.2 Å². The number of aromatic nitrogens is 1. The van der Waals surface area contributed by atoms with Gasteiger partial charge in [-0.1, -0.05) is 18.2 Å². The molecule has 2 rings (SSSR count). The average Bonchev–Trinajstić information content (AvgIpc) is 2.67. The maximum absolute atomic E-state index is 13.3. The summed E-state index contributed by atoms with van der Waals surface area (Å²) in [5.74, 6) is -0.156. The van der Waals surface area contributed by atoms with E-state index in [0.29, 0.717) is 12.1 Å². The second kappa shape index (κ2) is 5.18. The van der Waals surface area contributed by atoms with Crippen LogP contribution in [-0.4, -0.2) is 4.98 Å². The maximum atomic E-state index is 13.3. The molecule has 0 aliphatic carbocycles. The van der Waals surface area contributed by atoms with Crippen LogP contribution in [0.3, 0.4) is 0 Å². The first-order valence-electron chi connectivity index (χ1n) is 5.10. The molecule has 0 fully saturated rings. The number of nitrogens with zero attached hydrogens (tertiary/aromatic N) is 1. The predicted molar refractivity (Wildman–Crippen MR) is 63.8 cm³/mol. The number of hydrogen-bond donors (Lipinski definition) is 1. The molecule has 0 aliphatic heterocycles. The van der Waals surface area contributed by atoms with Gasteiger partial charge in [0.25, 0.3) is 0 Å². The Morgan fingerprint density at radius 1 is 1.31 bits per heavy atom. The third-order valence-corrected chi connectivity index (χ3v) is 3.34. The van der Waals surface area contributed by atoms with Gasteiger partial charge in [0, 0.05) is 23.5 Å². The Balaban J connectivity index is 1.89. The zero-order valence-corrected chi connectivity index (χ0v) is 9.85. The summed E-state index contributed by atoms with van der Waals surface area (Å²) in [6.45, 7) is 3.27.